The molecule has 4 saturated carbocycles. The van der Waals surface area contributed by atoms with Crippen LogP contribution in [0.3, 0.4) is 0 Å². The van der Waals surface area contributed by atoms with E-state index in [1.165, 1.54) is 19.3 Å². The lowest BCUT2D eigenvalue weighted by atomic mass is 9.53. The summed E-state index contributed by atoms with van der Waals surface area (Å²) in [5.41, 5.74) is 0.572. The Kier molecular flexibility index (Phi) is 5.44. The van der Waals surface area contributed by atoms with E-state index in [-0.39, 0.29) is 5.54 Å². The van der Waals surface area contributed by atoms with Gasteiger partial charge in [-0.2, -0.15) is 0 Å². The van der Waals surface area contributed by atoms with Gasteiger partial charge in [-0.05, 0) is 98.7 Å². The lowest BCUT2D eigenvalue weighted by molar-refractivity contribution is -0.00810. The predicted molar refractivity (Wildman–Crippen MR) is 117 cm³/mol. The number of nitrogens with one attached hydrogen (secondary N) is 3. The van der Waals surface area contributed by atoms with Gasteiger partial charge in [-0.25, -0.2) is 13.1 Å². The van der Waals surface area contributed by atoms with Gasteiger partial charge in [0.1, 0.15) is 0 Å². The summed E-state index contributed by atoms with van der Waals surface area (Å²) in [5, 5.41) is 6.81. The molecular formula is C21H31N3O2S2. The summed E-state index contributed by atoms with van der Waals surface area (Å²) in [6.45, 7) is 5.03. The summed E-state index contributed by atoms with van der Waals surface area (Å²) in [4.78, 5) is 0.329. The van der Waals surface area contributed by atoms with E-state index < -0.39 is 10.0 Å². The molecule has 7 heteroatoms. The molecule has 1 aromatic rings. The molecule has 0 aliphatic heterocycles. The van der Waals surface area contributed by atoms with Crippen LogP contribution in [0.4, 0.5) is 5.69 Å². The largest absolute Gasteiger partial charge is 0.362 e. The molecule has 0 spiro atoms. The van der Waals surface area contributed by atoms with Crippen LogP contribution in [0.5, 0.6) is 0 Å². The monoisotopic (exact) mass is 421 g/mol. The minimum absolute atomic E-state index is 0.215. The average Bonchev–Trinajstić information content (AvgIpc) is 2.58. The van der Waals surface area contributed by atoms with Gasteiger partial charge in [0.25, 0.3) is 0 Å². The van der Waals surface area contributed by atoms with Crippen molar-refractivity contribution in [3.8, 4) is 0 Å². The molecule has 4 aliphatic rings. The van der Waals surface area contributed by atoms with Crippen LogP contribution >= 0.6 is 12.2 Å². The lowest BCUT2D eigenvalue weighted by Gasteiger charge is -2.56. The molecule has 4 bridgehead atoms. The van der Waals surface area contributed by atoms with Gasteiger partial charge in [0.2, 0.25) is 10.0 Å². The first-order valence-electron chi connectivity index (χ1n) is 10.4. The predicted octanol–water partition coefficient (Wildman–Crippen LogP) is 3.88. The molecule has 1 aromatic carbocycles. The highest BCUT2D eigenvalue weighted by molar-refractivity contribution is 7.89. The van der Waals surface area contributed by atoms with Gasteiger partial charge in [-0.15, -0.1) is 0 Å². The second kappa shape index (κ2) is 7.58. The van der Waals surface area contributed by atoms with Gasteiger partial charge in [0.15, 0.2) is 5.11 Å². The number of hydrogen-bond acceptors (Lipinski definition) is 3. The number of benzene rings is 1. The molecule has 3 N–H and O–H groups in total. The van der Waals surface area contributed by atoms with Crippen molar-refractivity contribution < 1.29 is 8.42 Å². The molecule has 0 unspecified atom stereocenters. The number of sulfonamides is 1. The summed E-state index contributed by atoms with van der Waals surface area (Å²) >= 11 is 5.28. The van der Waals surface area contributed by atoms with E-state index in [2.05, 4.69) is 29.2 Å². The Hall–Kier alpha value is -1.18. The third-order valence-electron chi connectivity index (χ3n) is 6.48. The Labute approximate surface area is 174 Å². The van der Waals surface area contributed by atoms with Crippen LogP contribution in [0, 0.1) is 23.7 Å². The van der Waals surface area contributed by atoms with E-state index in [4.69, 9.17) is 12.2 Å². The smallest absolute Gasteiger partial charge is 0.241 e. The van der Waals surface area contributed by atoms with Crippen molar-refractivity contribution in [1.82, 2.24) is 10.0 Å². The number of thiocarbonyl (C=S) groups is 1. The summed E-state index contributed by atoms with van der Waals surface area (Å²) < 4.78 is 29.2. The van der Waals surface area contributed by atoms with Crippen molar-refractivity contribution in [3.05, 3.63) is 24.3 Å². The molecule has 5 nitrogen and oxygen atoms in total. The SMILES string of the molecule is CC(C)CNC(=S)Nc1ccc(S(=O)(=O)NC23CC4CC(CC(C4)C2)C3)cc1. The van der Waals surface area contributed by atoms with Gasteiger partial charge in [-0.3, -0.25) is 0 Å². The highest BCUT2D eigenvalue weighted by atomic mass is 32.2. The molecule has 0 amide bonds. The van der Waals surface area contributed by atoms with Crippen LogP contribution in [0.25, 0.3) is 0 Å². The zero-order valence-electron chi connectivity index (χ0n) is 16.7. The molecule has 0 radical (unpaired) electrons. The van der Waals surface area contributed by atoms with E-state index in [0.717, 1.165) is 31.5 Å². The summed E-state index contributed by atoms with van der Waals surface area (Å²) in [6.07, 6.45) is 6.92. The molecule has 0 saturated heterocycles. The first-order valence-corrected chi connectivity index (χ1v) is 12.3. The van der Waals surface area contributed by atoms with Crippen LogP contribution in [-0.2, 0) is 10.0 Å². The molecule has 0 aromatic heterocycles. The second-order valence-corrected chi connectivity index (χ2v) is 11.6. The Balaban J connectivity index is 1.41. The minimum Gasteiger partial charge on any atom is -0.362 e. The zero-order valence-corrected chi connectivity index (χ0v) is 18.3. The molecule has 5 rings (SSSR count). The Morgan fingerprint density at radius 2 is 1.61 bits per heavy atom. The highest BCUT2D eigenvalue weighted by Crippen LogP contribution is 2.55. The normalized spacial score (nSPS) is 31.2. The van der Waals surface area contributed by atoms with Crippen LogP contribution in [0.15, 0.2) is 29.2 Å². The van der Waals surface area contributed by atoms with E-state index >= 15 is 0 Å². The van der Waals surface area contributed by atoms with Crippen molar-refractivity contribution in [2.45, 2.75) is 62.8 Å². The molecule has 0 atom stereocenters. The third kappa shape index (κ3) is 4.36. The topological polar surface area (TPSA) is 70.2 Å². The molecule has 4 aliphatic carbocycles. The zero-order chi connectivity index (χ0) is 19.9. The molecular weight excluding hydrogens is 390 g/mol. The maximum Gasteiger partial charge on any atom is 0.241 e. The van der Waals surface area contributed by atoms with E-state index in [9.17, 15) is 8.42 Å². The highest BCUT2D eigenvalue weighted by Gasteiger charge is 2.52. The van der Waals surface area contributed by atoms with E-state index in [1.807, 2.05) is 0 Å². The van der Waals surface area contributed by atoms with Crippen molar-refractivity contribution in [3.63, 3.8) is 0 Å². The minimum atomic E-state index is -3.52. The molecule has 28 heavy (non-hydrogen) atoms. The fourth-order valence-corrected chi connectivity index (χ4v) is 7.40. The van der Waals surface area contributed by atoms with Gasteiger partial charge in [0, 0.05) is 17.8 Å². The summed E-state index contributed by atoms with van der Waals surface area (Å²) in [7, 11) is -3.52. The number of rotatable bonds is 6. The maximum absolute atomic E-state index is 13.1. The number of anilines is 1. The van der Waals surface area contributed by atoms with E-state index in [0.29, 0.717) is 33.7 Å². The molecule has 4 fully saturated rings. The second-order valence-electron chi connectivity index (χ2n) is 9.56. The quantitative estimate of drug-likeness (QED) is 0.608. The van der Waals surface area contributed by atoms with Crippen molar-refractivity contribution >= 4 is 33.0 Å². The third-order valence-corrected chi connectivity index (χ3v) is 8.32. The van der Waals surface area contributed by atoms with Gasteiger partial charge >= 0.3 is 0 Å². The summed E-state index contributed by atoms with van der Waals surface area (Å²) in [5.74, 6) is 2.63. The average molecular weight is 422 g/mol. The van der Waals surface area contributed by atoms with Crippen LogP contribution < -0.4 is 15.4 Å². The van der Waals surface area contributed by atoms with Crippen molar-refractivity contribution in [2.24, 2.45) is 23.7 Å². The maximum atomic E-state index is 13.1. The van der Waals surface area contributed by atoms with Gasteiger partial charge in [0.05, 0.1) is 4.90 Å². The van der Waals surface area contributed by atoms with Gasteiger partial charge < -0.3 is 10.6 Å². The lowest BCUT2D eigenvalue weighted by Crippen LogP contribution is -2.59. The fraction of sp³-hybridized carbons (Fsp3) is 0.667. The van der Waals surface area contributed by atoms with Gasteiger partial charge in [-0.1, -0.05) is 13.8 Å². The van der Waals surface area contributed by atoms with Crippen LogP contribution in [0.1, 0.15) is 52.4 Å². The Morgan fingerprint density at radius 3 is 2.11 bits per heavy atom. The van der Waals surface area contributed by atoms with Crippen LogP contribution in [-0.4, -0.2) is 25.6 Å². The standard InChI is InChI=1S/C21H31N3O2S2/c1-14(2)13-22-20(27)23-18-3-5-19(6-4-18)28(25,26)24-21-10-15-7-16(11-21)9-17(8-15)12-21/h3-6,14-17,24H,7-13H2,1-2H3,(H2,22,23,27). The fourth-order valence-electron chi connectivity index (χ4n) is 5.77. The van der Waals surface area contributed by atoms with Crippen molar-refractivity contribution in [2.75, 3.05) is 11.9 Å². The van der Waals surface area contributed by atoms with Crippen molar-refractivity contribution in [1.29, 1.82) is 0 Å². The molecule has 0 heterocycles. The van der Waals surface area contributed by atoms with E-state index in [1.54, 1.807) is 24.3 Å². The molecule has 154 valence electrons. The first kappa shape index (κ1) is 20.1. The number of hydrogen-bond donors (Lipinski definition) is 3. The Morgan fingerprint density at radius 1 is 1.07 bits per heavy atom. The summed E-state index contributed by atoms with van der Waals surface area (Å²) in [6, 6.07) is 6.88. The Bertz CT molecular complexity index is 798. The first-order chi connectivity index (χ1) is 13.2. The van der Waals surface area contributed by atoms with Crippen LogP contribution in [0.2, 0.25) is 0 Å².